The second kappa shape index (κ2) is 12.5. The SMILES string of the molecule is Cc1ccc(C(=O)NC[C@H](NC(=O)c2ccc3ccccc3n2)C(=O)N[C@@H](CC(C)C)B2O[C@@H]3C[C@H]4C[C@@H](C4(C)C)[C@]3(C)O2)cc1. The van der Waals surface area contributed by atoms with Crippen molar-refractivity contribution >= 4 is 35.7 Å². The third-order valence-electron chi connectivity index (χ3n) is 10.6. The van der Waals surface area contributed by atoms with Crippen molar-refractivity contribution in [1.29, 1.82) is 0 Å². The molecule has 7 rings (SSSR count). The van der Waals surface area contributed by atoms with E-state index < -0.39 is 36.5 Å². The zero-order valence-corrected chi connectivity index (χ0v) is 27.6. The fourth-order valence-corrected chi connectivity index (χ4v) is 7.74. The van der Waals surface area contributed by atoms with E-state index in [1.165, 1.54) is 0 Å². The van der Waals surface area contributed by atoms with Gasteiger partial charge in [0.2, 0.25) is 5.91 Å². The lowest BCUT2D eigenvalue weighted by Gasteiger charge is -2.64. The van der Waals surface area contributed by atoms with Crippen molar-refractivity contribution in [2.45, 2.75) is 84.5 Å². The number of aromatic nitrogens is 1. The van der Waals surface area contributed by atoms with Crippen molar-refractivity contribution in [3.8, 4) is 0 Å². The molecule has 3 N–H and O–H groups in total. The number of hydrogen-bond acceptors (Lipinski definition) is 6. The molecular formula is C36H45BN4O5. The minimum atomic E-state index is -1.07. The second-order valence-electron chi connectivity index (χ2n) is 14.6. The molecule has 0 spiro atoms. The van der Waals surface area contributed by atoms with Crippen LogP contribution in [0.4, 0.5) is 0 Å². The highest BCUT2D eigenvalue weighted by molar-refractivity contribution is 6.48. The zero-order valence-electron chi connectivity index (χ0n) is 27.6. The lowest BCUT2D eigenvalue weighted by molar-refractivity contribution is -0.199. The molecule has 1 saturated heterocycles. The molecule has 6 atom stereocenters. The van der Waals surface area contributed by atoms with E-state index in [1.54, 1.807) is 18.2 Å². The van der Waals surface area contributed by atoms with Crippen molar-refractivity contribution < 1.29 is 23.7 Å². The topological polar surface area (TPSA) is 119 Å². The Morgan fingerprint density at radius 3 is 2.41 bits per heavy atom. The molecule has 46 heavy (non-hydrogen) atoms. The average molecular weight is 625 g/mol. The van der Waals surface area contributed by atoms with Crippen LogP contribution >= 0.6 is 0 Å². The molecule has 1 aromatic heterocycles. The van der Waals surface area contributed by atoms with E-state index >= 15 is 0 Å². The van der Waals surface area contributed by atoms with Gasteiger partial charge in [-0.15, -0.1) is 0 Å². The van der Waals surface area contributed by atoms with Crippen LogP contribution in [0.15, 0.2) is 60.7 Å². The Hall–Kier alpha value is -3.76. The summed E-state index contributed by atoms with van der Waals surface area (Å²) in [6.07, 6.45) is 2.68. The van der Waals surface area contributed by atoms with Gasteiger partial charge in [-0.05, 0) is 80.5 Å². The van der Waals surface area contributed by atoms with Crippen LogP contribution in [0.25, 0.3) is 10.9 Å². The highest BCUT2D eigenvalue weighted by Gasteiger charge is 2.68. The first-order valence-electron chi connectivity index (χ1n) is 16.5. The Kier molecular flexibility index (Phi) is 8.72. The smallest absolute Gasteiger partial charge is 0.404 e. The third-order valence-corrected chi connectivity index (χ3v) is 10.6. The molecule has 10 heteroatoms. The van der Waals surface area contributed by atoms with Crippen molar-refractivity contribution in [1.82, 2.24) is 20.9 Å². The molecule has 3 amide bonds. The molecule has 9 nitrogen and oxygen atoms in total. The maximum Gasteiger partial charge on any atom is 0.481 e. The molecular weight excluding hydrogens is 579 g/mol. The van der Waals surface area contributed by atoms with E-state index in [2.05, 4.69) is 55.6 Å². The standard InChI is InChI=1S/C36H45BN4O5/c1-21(2)17-31(37-45-30-19-25-18-29(35(25,4)5)36(30,6)46-37)41-34(44)28(20-38-32(42)24-13-11-22(3)12-14-24)40-33(43)27-16-15-23-9-7-8-10-26(23)39-27/h7-16,21,25,28-31H,17-20H2,1-6H3,(H,38,42)(H,40,43)(H,41,44)/t25-,28+,29+,30-,31+,36+/m1/s1. The molecule has 0 radical (unpaired) electrons. The first-order valence-corrected chi connectivity index (χ1v) is 16.5. The summed E-state index contributed by atoms with van der Waals surface area (Å²) >= 11 is 0. The van der Waals surface area contributed by atoms with Crippen LogP contribution in [0.2, 0.25) is 0 Å². The van der Waals surface area contributed by atoms with Gasteiger partial charge in [-0.25, -0.2) is 4.98 Å². The van der Waals surface area contributed by atoms with Gasteiger partial charge in [0.05, 0.1) is 23.2 Å². The first kappa shape index (κ1) is 32.2. The molecule has 3 aromatic rings. The van der Waals surface area contributed by atoms with Gasteiger partial charge in [0.15, 0.2) is 0 Å². The molecule has 2 heterocycles. The molecule has 4 aliphatic rings. The number of hydrogen-bond donors (Lipinski definition) is 3. The van der Waals surface area contributed by atoms with Crippen LogP contribution in [-0.2, 0) is 14.1 Å². The Balaban J connectivity index is 1.21. The summed E-state index contributed by atoms with van der Waals surface area (Å²) in [5, 5.41) is 9.73. The number of nitrogens with zero attached hydrogens (tertiary/aromatic N) is 1. The first-order chi connectivity index (χ1) is 21.8. The summed E-state index contributed by atoms with van der Waals surface area (Å²) in [4.78, 5) is 45.0. The van der Waals surface area contributed by atoms with Gasteiger partial charge >= 0.3 is 7.12 Å². The van der Waals surface area contributed by atoms with Gasteiger partial charge in [-0.3, -0.25) is 14.4 Å². The number of aryl methyl sites for hydroxylation is 1. The van der Waals surface area contributed by atoms with Gasteiger partial charge in [-0.2, -0.15) is 0 Å². The Labute approximate surface area is 271 Å². The highest BCUT2D eigenvalue weighted by Crippen LogP contribution is 2.65. The van der Waals surface area contributed by atoms with Gasteiger partial charge in [-0.1, -0.05) is 69.7 Å². The summed E-state index contributed by atoms with van der Waals surface area (Å²) in [6.45, 7) is 12.8. The molecule has 0 unspecified atom stereocenters. The molecule has 1 aliphatic heterocycles. The summed E-state index contributed by atoms with van der Waals surface area (Å²) in [5.41, 5.74) is 2.14. The van der Waals surface area contributed by atoms with Gasteiger partial charge in [0.25, 0.3) is 11.8 Å². The van der Waals surface area contributed by atoms with E-state index in [0.717, 1.165) is 23.8 Å². The summed E-state index contributed by atoms with van der Waals surface area (Å²) in [5.74, 6) is -0.476. The number of amides is 3. The number of pyridine rings is 1. The lowest BCUT2D eigenvalue weighted by atomic mass is 9.43. The maximum absolute atomic E-state index is 14.0. The summed E-state index contributed by atoms with van der Waals surface area (Å²) in [7, 11) is -0.614. The number of rotatable bonds is 10. The minimum Gasteiger partial charge on any atom is -0.404 e. The monoisotopic (exact) mass is 624 g/mol. The van der Waals surface area contributed by atoms with Crippen LogP contribution in [-0.4, -0.2) is 60.1 Å². The summed E-state index contributed by atoms with van der Waals surface area (Å²) < 4.78 is 13.3. The molecule has 3 saturated carbocycles. The number of benzene rings is 2. The van der Waals surface area contributed by atoms with Crippen molar-refractivity contribution in [3.63, 3.8) is 0 Å². The molecule has 2 aromatic carbocycles. The number of para-hydroxylation sites is 1. The molecule has 242 valence electrons. The fraction of sp³-hybridized carbons (Fsp3) is 0.500. The Morgan fingerprint density at radius 1 is 0.957 bits per heavy atom. The Morgan fingerprint density at radius 2 is 1.70 bits per heavy atom. The average Bonchev–Trinajstić information content (AvgIpc) is 3.39. The zero-order chi connectivity index (χ0) is 32.8. The predicted molar refractivity (Wildman–Crippen MR) is 178 cm³/mol. The Bertz CT molecular complexity index is 1630. The largest absolute Gasteiger partial charge is 0.481 e. The number of carbonyl (C=O) groups excluding carboxylic acids is 3. The predicted octanol–water partition coefficient (Wildman–Crippen LogP) is 4.87. The lowest BCUT2D eigenvalue weighted by Crippen LogP contribution is -2.65. The van der Waals surface area contributed by atoms with E-state index in [1.807, 2.05) is 49.4 Å². The number of carbonyl (C=O) groups is 3. The number of nitrogens with one attached hydrogen (secondary N) is 3. The van der Waals surface area contributed by atoms with Crippen molar-refractivity contribution in [2.24, 2.45) is 23.2 Å². The van der Waals surface area contributed by atoms with E-state index in [4.69, 9.17) is 9.31 Å². The van der Waals surface area contributed by atoms with Crippen LogP contribution < -0.4 is 16.0 Å². The molecule has 3 aliphatic carbocycles. The maximum atomic E-state index is 14.0. The van der Waals surface area contributed by atoms with Crippen molar-refractivity contribution in [2.75, 3.05) is 6.54 Å². The van der Waals surface area contributed by atoms with Gasteiger partial charge in [0.1, 0.15) is 11.7 Å². The van der Waals surface area contributed by atoms with Crippen LogP contribution in [0.5, 0.6) is 0 Å². The molecule has 2 bridgehead atoms. The normalized spacial score (nSPS) is 25.7. The van der Waals surface area contributed by atoms with E-state index in [0.29, 0.717) is 29.3 Å². The molecule has 4 fully saturated rings. The van der Waals surface area contributed by atoms with Gasteiger partial charge in [0, 0.05) is 17.5 Å². The summed E-state index contributed by atoms with van der Waals surface area (Å²) in [6, 6.07) is 17.1. The van der Waals surface area contributed by atoms with Crippen LogP contribution in [0.3, 0.4) is 0 Å². The quantitative estimate of drug-likeness (QED) is 0.277. The fourth-order valence-electron chi connectivity index (χ4n) is 7.74. The van der Waals surface area contributed by atoms with Crippen LogP contribution in [0, 0.1) is 30.1 Å². The number of fused-ring (bicyclic) bond motifs is 1. The van der Waals surface area contributed by atoms with E-state index in [9.17, 15) is 14.4 Å². The highest BCUT2D eigenvalue weighted by atomic mass is 16.7. The van der Waals surface area contributed by atoms with E-state index in [-0.39, 0.29) is 35.6 Å². The third kappa shape index (κ3) is 6.17. The second-order valence-corrected chi connectivity index (χ2v) is 14.6. The minimum absolute atomic E-state index is 0.0240. The van der Waals surface area contributed by atoms with Crippen molar-refractivity contribution in [3.05, 3.63) is 77.5 Å². The van der Waals surface area contributed by atoms with Gasteiger partial charge < -0.3 is 25.3 Å². The van der Waals surface area contributed by atoms with Crippen LogP contribution in [0.1, 0.15) is 80.3 Å².